The number of nitrogens with zero attached hydrogens (tertiary/aromatic N) is 1. The first kappa shape index (κ1) is 15.4. The number of hydrogen-bond donors (Lipinski definition) is 0. The highest BCUT2D eigenvalue weighted by Crippen LogP contribution is 2.33. The molecule has 1 amide bonds. The largest absolute Gasteiger partial charge is 0.467 e. The number of carbonyl (C=O) groups is 2. The van der Waals surface area contributed by atoms with E-state index in [1.165, 1.54) is 12.0 Å². The standard InChI is InChI=1S/C16H21NO4/c1-10(2)14-13(15(18)20-4)17(16(19)21-14)11(3)12-8-6-5-7-9-12/h5-11,13-14H,1-4H3. The molecule has 1 aliphatic heterocycles. The molecule has 0 aliphatic carbocycles. The average molecular weight is 291 g/mol. The fourth-order valence-corrected chi connectivity index (χ4v) is 2.67. The average Bonchev–Trinajstić information content (AvgIpc) is 2.84. The Morgan fingerprint density at radius 3 is 2.38 bits per heavy atom. The fourth-order valence-electron chi connectivity index (χ4n) is 2.67. The summed E-state index contributed by atoms with van der Waals surface area (Å²) in [4.78, 5) is 25.8. The van der Waals surface area contributed by atoms with Crippen LogP contribution in [0.2, 0.25) is 0 Å². The van der Waals surface area contributed by atoms with Crippen LogP contribution >= 0.6 is 0 Å². The summed E-state index contributed by atoms with van der Waals surface area (Å²) < 4.78 is 10.3. The number of hydrogen-bond acceptors (Lipinski definition) is 4. The van der Waals surface area contributed by atoms with Crippen molar-refractivity contribution in [2.75, 3.05) is 7.11 Å². The Morgan fingerprint density at radius 1 is 1.24 bits per heavy atom. The Balaban J connectivity index is 2.35. The number of methoxy groups -OCH3 is 1. The lowest BCUT2D eigenvalue weighted by Gasteiger charge is -2.29. The fraction of sp³-hybridized carbons (Fsp3) is 0.500. The normalized spacial score (nSPS) is 23.1. The Kier molecular flexibility index (Phi) is 4.50. The summed E-state index contributed by atoms with van der Waals surface area (Å²) in [5.74, 6) is -0.409. The summed E-state index contributed by atoms with van der Waals surface area (Å²) in [6.07, 6.45) is -0.962. The third-order valence-corrected chi connectivity index (χ3v) is 3.86. The monoisotopic (exact) mass is 291 g/mol. The summed E-state index contributed by atoms with van der Waals surface area (Å²) in [5.41, 5.74) is 0.952. The molecule has 114 valence electrons. The van der Waals surface area contributed by atoms with Crippen molar-refractivity contribution in [2.24, 2.45) is 5.92 Å². The second-order valence-electron chi connectivity index (χ2n) is 5.55. The summed E-state index contributed by atoms with van der Waals surface area (Å²) in [7, 11) is 1.33. The molecular weight excluding hydrogens is 270 g/mol. The Morgan fingerprint density at radius 2 is 1.86 bits per heavy atom. The van der Waals surface area contributed by atoms with Crippen molar-refractivity contribution < 1.29 is 19.1 Å². The van der Waals surface area contributed by atoms with Crippen LogP contribution < -0.4 is 0 Å². The van der Waals surface area contributed by atoms with Crippen LogP contribution in [-0.4, -0.2) is 36.2 Å². The molecule has 3 unspecified atom stereocenters. The predicted molar refractivity (Wildman–Crippen MR) is 77.6 cm³/mol. The van der Waals surface area contributed by atoms with Crippen molar-refractivity contribution in [1.82, 2.24) is 4.90 Å². The molecule has 0 bridgehead atoms. The first-order chi connectivity index (χ1) is 9.97. The van der Waals surface area contributed by atoms with Gasteiger partial charge in [0.1, 0.15) is 6.10 Å². The maximum absolute atomic E-state index is 12.2. The summed E-state index contributed by atoms with van der Waals surface area (Å²) in [6, 6.07) is 8.60. The summed E-state index contributed by atoms with van der Waals surface area (Å²) >= 11 is 0. The lowest BCUT2D eigenvalue weighted by Crippen LogP contribution is -2.46. The van der Waals surface area contributed by atoms with Gasteiger partial charge in [-0.25, -0.2) is 9.59 Å². The van der Waals surface area contributed by atoms with Crippen LogP contribution in [0.3, 0.4) is 0 Å². The number of rotatable bonds is 4. The second kappa shape index (κ2) is 6.16. The Hall–Kier alpha value is -2.04. The molecule has 0 radical (unpaired) electrons. The highest BCUT2D eigenvalue weighted by Gasteiger charge is 2.50. The van der Waals surface area contributed by atoms with Gasteiger partial charge in [0.2, 0.25) is 0 Å². The molecule has 21 heavy (non-hydrogen) atoms. The van der Waals surface area contributed by atoms with E-state index in [1.807, 2.05) is 51.1 Å². The third kappa shape index (κ3) is 2.86. The van der Waals surface area contributed by atoms with Gasteiger partial charge in [0.15, 0.2) is 6.04 Å². The maximum atomic E-state index is 12.2. The van der Waals surface area contributed by atoms with E-state index in [9.17, 15) is 9.59 Å². The van der Waals surface area contributed by atoms with Crippen LogP contribution in [-0.2, 0) is 14.3 Å². The van der Waals surface area contributed by atoms with Gasteiger partial charge in [0, 0.05) is 0 Å². The van der Waals surface area contributed by atoms with Crippen LogP contribution in [0, 0.1) is 5.92 Å². The number of carbonyl (C=O) groups excluding carboxylic acids is 2. The van der Waals surface area contributed by atoms with Crippen molar-refractivity contribution >= 4 is 12.1 Å². The molecule has 1 heterocycles. The van der Waals surface area contributed by atoms with E-state index in [1.54, 1.807) is 0 Å². The highest BCUT2D eigenvalue weighted by atomic mass is 16.6. The van der Waals surface area contributed by atoms with Crippen LogP contribution in [0.5, 0.6) is 0 Å². The van der Waals surface area contributed by atoms with Crippen molar-refractivity contribution in [1.29, 1.82) is 0 Å². The van der Waals surface area contributed by atoms with Crippen LogP contribution in [0.4, 0.5) is 4.79 Å². The van der Waals surface area contributed by atoms with Gasteiger partial charge in [-0.1, -0.05) is 44.2 Å². The van der Waals surface area contributed by atoms with Crippen molar-refractivity contribution in [3.05, 3.63) is 35.9 Å². The van der Waals surface area contributed by atoms with Crippen molar-refractivity contribution in [3.8, 4) is 0 Å². The van der Waals surface area contributed by atoms with Gasteiger partial charge in [0.25, 0.3) is 0 Å². The molecule has 2 rings (SSSR count). The number of esters is 1. The molecule has 5 heteroatoms. The van der Waals surface area contributed by atoms with E-state index in [0.29, 0.717) is 0 Å². The van der Waals surface area contributed by atoms with E-state index in [-0.39, 0.29) is 12.0 Å². The van der Waals surface area contributed by atoms with E-state index in [0.717, 1.165) is 5.56 Å². The zero-order valence-electron chi connectivity index (χ0n) is 12.8. The third-order valence-electron chi connectivity index (χ3n) is 3.86. The minimum absolute atomic E-state index is 0.0334. The van der Waals surface area contributed by atoms with E-state index >= 15 is 0 Å². The van der Waals surface area contributed by atoms with Gasteiger partial charge in [0.05, 0.1) is 13.2 Å². The lowest BCUT2D eigenvalue weighted by molar-refractivity contribution is -0.147. The molecule has 1 aromatic rings. The molecule has 1 aromatic carbocycles. The van der Waals surface area contributed by atoms with Gasteiger partial charge in [-0.3, -0.25) is 4.90 Å². The van der Waals surface area contributed by atoms with Gasteiger partial charge < -0.3 is 9.47 Å². The SMILES string of the molecule is COC(=O)C1C(C(C)C)OC(=O)N1C(C)c1ccccc1. The Bertz CT molecular complexity index is 514. The summed E-state index contributed by atoms with van der Waals surface area (Å²) in [5, 5.41) is 0. The zero-order valence-corrected chi connectivity index (χ0v) is 12.8. The number of benzene rings is 1. The maximum Gasteiger partial charge on any atom is 0.411 e. The van der Waals surface area contributed by atoms with Crippen molar-refractivity contribution in [2.45, 2.75) is 39.0 Å². The summed E-state index contributed by atoms with van der Waals surface area (Å²) in [6.45, 7) is 5.73. The van der Waals surface area contributed by atoms with Crippen molar-refractivity contribution in [3.63, 3.8) is 0 Å². The number of amides is 1. The molecule has 1 saturated heterocycles. The van der Waals surface area contributed by atoms with Crippen LogP contribution in [0.1, 0.15) is 32.4 Å². The molecule has 1 fully saturated rings. The highest BCUT2D eigenvalue weighted by molar-refractivity contribution is 5.85. The van der Waals surface area contributed by atoms with Gasteiger partial charge >= 0.3 is 12.1 Å². The molecule has 5 nitrogen and oxygen atoms in total. The van der Waals surface area contributed by atoms with Crippen LogP contribution in [0.25, 0.3) is 0 Å². The first-order valence-electron chi connectivity index (χ1n) is 7.09. The molecule has 3 atom stereocenters. The van der Waals surface area contributed by atoms with Gasteiger partial charge in [-0.15, -0.1) is 0 Å². The smallest absolute Gasteiger partial charge is 0.411 e. The molecule has 0 N–H and O–H groups in total. The molecule has 1 aliphatic rings. The Labute approximate surface area is 124 Å². The molecule has 0 saturated carbocycles. The minimum atomic E-state index is -0.710. The van der Waals surface area contributed by atoms with Gasteiger partial charge in [-0.05, 0) is 18.4 Å². The van der Waals surface area contributed by atoms with Crippen LogP contribution in [0.15, 0.2) is 30.3 Å². The topological polar surface area (TPSA) is 55.8 Å². The first-order valence-corrected chi connectivity index (χ1v) is 7.09. The minimum Gasteiger partial charge on any atom is -0.467 e. The predicted octanol–water partition coefficient (Wildman–Crippen LogP) is 2.77. The number of ether oxygens (including phenoxy) is 2. The quantitative estimate of drug-likeness (QED) is 0.800. The number of cyclic esters (lactones) is 1. The molecular formula is C16H21NO4. The zero-order chi connectivity index (χ0) is 15.6. The second-order valence-corrected chi connectivity index (χ2v) is 5.55. The molecule has 0 aromatic heterocycles. The molecule has 0 spiro atoms. The van der Waals surface area contributed by atoms with E-state index in [4.69, 9.17) is 9.47 Å². The van der Waals surface area contributed by atoms with Gasteiger partial charge in [-0.2, -0.15) is 0 Å². The van der Waals surface area contributed by atoms with E-state index in [2.05, 4.69) is 0 Å². The van der Waals surface area contributed by atoms with E-state index < -0.39 is 24.2 Å². The lowest BCUT2D eigenvalue weighted by atomic mass is 9.97.